The van der Waals surface area contributed by atoms with Gasteiger partial charge in [-0.15, -0.1) is 0 Å². The van der Waals surface area contributed by atoms with Crippen molar-refractivity contribution in [3.8, 4) is 11.1 Å². The summed E-state index contributed by atoms with van der Waals surface area (Å²) < 4.78 is 14.5. The summed E-state index contributed by atoms with van der Waals surface area (Å²) in [4.78, 5) is 0. The lowest BCUT2D eigenvalue weighted by Crippen LogP contribution is -1.87. The molecule has 0 N–H and O–H groups in total. The van der Waals surface area contributed by atoms with Crippen LogP contribution in [0.1, 0.15) is 5.56 Å². The van der Waals surface area contributed by atoms with Crippen LogP contribution in [-0.2, 0) is 0 Å². The summed E-state index contributed by atoms with van der Waals surface area (Å²) in [5, 5.41) is 1.63. The molecule has 0 aliphatic rings. The van der Waals surface area contributed by atoms with E-state index in [4.69, 9.17) is 0 Å². The lowest BCUT2D eigenvalue weighted by molar-refractivity contribution is 0.643. The molecule has 0 bridgehead atoms. The summed E-state index contributed by atoms with van der Waals surface area (Å²) in [6.45, 7) is 1.98. The van der Waals surface area contributed by atoms with E-state index < -0.39 is 0 Å². The molecule has 3 rings (SSSR count). The van der Waals surface area contributed by atoms with Crippen LogP contribution in [0, 0.1) is 12.7 Å². The quantitative estimate of drug-likeness (QED) is 0.560. The second-order valence-electron chi connectivity index (χ2n) is 4.52. The Labute approximate surface area is 106 Å². The summed E-state index contributed by atoms with van der Waals surface area (Å²) >= 11 is 0. The van der Waals surface area contributed by atoms with Crippen LogP contribution in [0.25, 0.3) is 21.9 Å². The van der Waals surface area contributed by atoms with Gasteiger partial charge < -0.3 is 0 Å². The van der Waals surface area contributed by atoms with Crippen molar-refractivity contribution in [2.45, 2.75) is 6.92 Å². The van der Waals surface area contributed by atoms with E-state index >= 15 is 0 Å². The van der Waals surface area contributed by atoms with E-state index in [0.29, 0.717) is 10.9 Å². The summed E-state index contributed by atoms with van der Waals surface area (Å²) in [6.07, 6.45) is 0. The Kier molecular flexibility index (Phi) is 2.60. The Morgan fingerprint density at radius 1 is 0.833 bits per heavy atom. The summed E-state index contributed by atoms with van der Waals surface area (Å²) in [7, 11) is 0. The number of hydrogen-bond acceptors (Lipinski definition) is 0. The Hall–Kier alpha value is -2.15. The highest BCUT2D eigenvalue weighted by Crippen LogP contribution is 2.29. The highest BCUT2D eigenvalue weighted by Gasteiger charge is 2.08. The van der Waals surface area contributed by atoms with Gasteiger partial charge in [-0.3, -0.25) is 0 Å². The zero-order valence-electron chi connectivity index (χ0n) is 10.2. The molecule has 3 aromatic rings. The number of fused-ring (bicyclic) bond motifs is 1. The predicted molar refractivity (Wildman–Crippen MR) is 74.1 cm³/mol. The number of benzene rings is 3. The van der Waals surface area contributed by atoms with Gasteiger partial charge >= 0.3 is 0 Å². The number of halogens is 1. The molecule has 0 saturated carbocycles. The van der Waals surface area contributed by atoms with Gasteiger partial charge in [-0.2, -0.15) is 0 Å². The molecule has 0 spiro atoms. The Morgan fingerprint density at radius 3 is 2.33 bits per heavy atom. The van der Waals surface area contributed by atoms with Gasteiger partial charge in [0, 0.05) is 10.9 Å². The first kappa shape index (κ1) is 11.0. The standard InChI is InChI=1S/C17H13F/c1-12-7-8-14-9-10-15(17(18)16(14)11-12)13-5-3-2-4-6-13/h2-11H,1H3. The lowest BCUT2D eigenvalue weighted by atomic mass is 9.99. The Morgan fingerprint density at radius 2 is 1.56 bits per heavy atom. The molecule has 0 saturated heterocycles. The normalized spacial score (nSPS) is 10.8. The van der Waals surface area contributed by atoms with Crippen LogP contribution >= 0.6 is 0 Å². The van der Waals surface area contributed by atoms with E-state index in [1.807, 2.05) is 67.6 Å². The van der Waals surface area contributed by atoms with Crippen molar-refractivity contribution >= 4 is 10.8 Å². The van der Waals surface area contributed by atoms with E-state index in [1.54, 1.807) is 0 Å². The van der Waals surface area contributed by atoms with Crippen molar-refractivity contribution in [2.24, 2.45) is 0 Å². The zero-order chi connectivity index (χ0) is 12.5. The van der Waals surface area contributed by atoms with Gasteiger partial charge in [-0.1, -0.05) is 60.2 Å². The minimum absolute atomic E-state index is 0.137. The third-order valence-electron chi connectivity index (χ3n) is 3.20. The van der Waals surface area contributed by atoms with Crippen LogP contribution < -0.4 is 0 Å². The fourth-order valence-corrected chi connectivity index (χ4v) is 2.24. The summed E-state index contributed by atoms with van der Waals surface area (Å²) in [6, 6.07) is 19.3. The van der Waals surface area contributed by atoms with Gasteiger partial charge in [0.1, 0.15) is 5.82 Å². The smallest absolute Gasteiger partial charge is 0.138 e. The third-order valence-corrected chi connectivity index (χ3v) is 3.20. The van der Waals surface area contributed by atoms with Crippen molar-refractivity contribution in [1.29, 1.82) is 0 Å². The molecule has 0 amide bonds. The SMILES string of the molecule is Cc1ccc2ccc(-c3ccccc3)c(F)c2c1. The molecule has 0 aromatic heterocycles. The van der Waals surface area contributed by atoms with E-state index in [-0.39, 0.29) is 5.82 Å². The van der Waals surface area contributed by atoms with Crippen LogP contribution in [0.3, 0.4) is 0 Å². The van der Waals surface area contributed by atoms with Gasteiger partial charge in [-0.05, 0) is 23.9 Å². The molecule has 0 unspecified atom stereocenters. The average molecular weight is 236 g/mol. The van der Waals surface area contributed by atoms with E-state index in [9.17, 15) is 4.39 Å². The van der Waals surface area contributed by atoms with Gasteiger partial charge in [0.15, 0.2) is 0 Å². The van der Waals surface area contributed by atoms with Crippen molar-refractivity contribution < 1.29 is 4.39 Å². The highest BCUT2D eigenvalue weighted by atomic mass is 19.1. The lowest BCUT2D eigenvalue weighted by Gasteiger charge is -2.07. The van der Waals surface area contributed by atoms with E-state index in [1.165, 1.54) is 0 Å². The maximum absolute atomic E-state index is 14.5. The maximum Gasteiger partial charge on any atom is 0.138 e. The highest BCUT2D eigenvalue weighted by molar-refractivity contribution is 5.88. The molecule has 0 heterocycles. The molecule has 0 aliphatic heterocycles. The van der Waals surface area contributed by atoms with E-state index in [0.717, 1.165) is 16.5 Å². The third kappa shape index (κ3) is 1.78. The first-order valence-electron chi connectivity index (χ1n) is 6.00. The Bertz CT molecular complexity index is 699. The van der Waals surface area contributed by atoms with Crippen molar-refractivity contribution in [3.63, 3.8) is 0 Å². The van der Waals surface area contributed by atoms with Gasteiger partial charge in [0.2, 0.25) is 0 Å². The minimum Gasteiger partial charge on any atom is -0.206 e. The second kappa shape index (κ2) is 4.26. The minimum atomic E-state index is -0.137. The largest absolute Gasteiger partial charge is 0.206 e. The van der Waals surface area contributed by atoms with Crippen molar-refractivity contribution in [1.82, 2.24) is 0 Å². The fraction of sp³-hybridized carbons (Fsp3) is 0.0588. The topological polar surface area (TPSA) is 0 Å². The first-order valence-corrected chi connectivity index (χ1v) is 6.00. The average Bonchev–Trinajstić information content (AvgIpc) is 2.41. The molecule has 18 heavy (non-hydrogen) atoms. The molecular formula is C17H13F. The van der Waals surface area contributed by atoms with E-state index in [2.05, 4.69) is 0 Å². The molecule has 0 aliphatic carbocycles. The molecule has 0 fully saturated rings. The zero-order valence-corrected chi connectivity index (χ0v) is 10.2. The fourth-order valence-electron chi connectivity index (χ4n) is 2.24. The molecule has 0 radical (unpaired) electrons. The van der Waals surface area contributed by atoms with Gasteiger partial charge in [-0.25, -0.2) is 4.39 Å². The number of rotatable bonds is 1. The van der Waals surface area contributed by atoms with Crippen molar-refractivity contribution in [2.75, 3.05) is 0 Å². The number of aryl methyl sites for hydroxylation is 1. The van der Waals surface area contributed by atoms with Crippen LogP contribution in [0.15, 0.2) is 60.7 Å². The van der Waals surface area contributed by atoms with Crippen LogP contribution in [0.4, 0.5) is 4.39 Å². The first-order chi connectivity index (χ1) is 8.75. The summed E-state index contributed by atoms with van der Waals surface area (Å²) in [5.41, 5.74) is 2.65. The number of hydrogen-bond donors (Lipinski definition) is 0. The maximum atomic E-state index is 14.5. The Balaban J connectivity index is 2.29. The molecule has 1 heteroatoms. The molecular weight excluding hydrogens is 223 g/mol. The van der Waals surface area contributed by atoms with Crippen molar-refractivity contribution in [3.05, 3.63) is 72.0 Å². The van der Waals surface area contributed by atoms with Crippen LogP contribution in [0.5, 0.6) is 0 Å². The monoisotopic (exact) mass is 236 g/mol. The molecule has 3 aromatic carbocycles. The molecule has 0 atom stereocenters. The predicted octanol–water partition coefficient (Wildman–Crippen LogP) is 4.95. The van der Waals surface area contributed by atoms with Crippen LogP contribution in [0.2, 0.25) is 0 Å². The second-order valence-corrected chi connectivity index (χ2v) is 4.52. The molecule has 88 valence electrons. The van der Waals surface area contributed by atoms with Crippen LogP contribution in [-0.4, -0.2) is 0 Å². The summed E-state index contributed by atoms with van der Waals surface area (Å²) in [5.74, 6) is -0.137. The van der Waals surface area contributed by atoms with Gasteiger partial charge in [0.25, 0.3) is 0 Å². The molecule has 0 nitrogen and oxygen atoms in total. The van der Waals surface area contributed by atoms with Gasteiger partial charge in [0.05, 0.1) is 0 Å².